The fourth-order valence-corrected chi connectivity index (χ4v) is 2.15. The van der Waals surface area contributed by atoms with Crippen LogP contribution in [0, 0.1) is 11.6 Å². The van der Waals surface area contributed by atoms with E-state index in [1.54, 1.807) is 18.2 Å². The van der Waals surface area contributed by atoms with Gasteiger partial charge >= 0.3 is 0 Å². The monoisotopic (exact) mass is 237 g/mol. The lowest BCUT2D eigenvalue weighted by atomic mass is 10.3. The summed E-state index contributed by atoms with van der Waals surface area (Å²) in [6.45, 7) is 0. The molecule has 2 rings (SSSR count). The van der Waals surface area contributed by atoms with Crippen LogP contribution in [0.4, 0.5) is 14.5 Å². The van der Waals surface area contributed by atoms with Crippen molar-refractivity contribution in [2.45, 2.75) is 9.79 Å². The van der Waals surface area contributed by atoms with Crippen LogP contribution in [0.3, 0.4) is 0 Å². The molecule has 0 aromatic heterocycles. The van der Waals surface area contributed by atoms with E-state index < -0.39 is 11.6 Å². The summed E-state index contributed by atoms with van der Waals surface area (Å²) in [7, 11) is 0. The normalized spacial score (nSPS) is 10.4. The van der Waals surface area contributed by atoms with E-state index in [2.05, 4.69) is 0 Å². The third-order valence-corrected chi connectivity index (χ3v) is 3.02. The van der Waals surface area contributed by atoms with Crippen molar-refractivity contribution in [3.05, 3.63) is 54.1 Å². The molecule has 0 saturated carbocycles. The third-order valence-electron chi connectivity index (χ3n) is 1.98. The van der Waals surface area contributed by atoms with Crippen LogP contribution in [0.2, 0.25) is 0 Å². The minimum atomic E-state index is -0.575. The van der Waals surface area contributed by atoms with Crippen LogP contribution in [0.5, 0.6) is 0 Å². The van der Waals surface area contributed by atoms with Gasteiger partial charge in [0.1, 0.15) is 11.6 Å². The highest BCUT2D eigenvalue weighted by atomic mass is 32.2. The Morgan fingerprint density at radius 1 is 1.00 bits per heavy atom. The number of hydrogen-bond donors (Lipinski definition) is 1. The van der Waals surface area contributed by atoms with E-state index in [1.165, 1.54) is 23.9 Å². The molecule has 0 amide bonds. The van der Waals surface area contributed by atoms with Gasteiger partial charge in [0.05, 0.1) is 0 Å². The molecule has 16 heavy (non-hydrogen) atoms. The van der Waals surface area contributed by atoms with E-state index in [-0.39, 0.29) is 0 Å². The van der Waals surface area contributed by atoms with Crippen LogP contribution in [-0.2, 0) is 0 Å². The Kier molecular flexibility index (Phi) is 3.10. The maximum absolute atomic E-state index is 13.3. The Bertz CT molecular complexity index is 514. The minimum absolute atomic E-state index is 0.381. The number of rotatable bonds is 2. The molecular weight excluding hydrogens is 228 g/mol. The minimum Gasteiger partial charge on any atom is -0.399 e. The zero-order valence-corrected chi connectivity index (χ0v) is 9.10. The highest BCUT2D eigenvalue weighted by Gasteiger charge is 2.05. The lowest BCUT2D eigenvalue weighted by Crippen LogP contribution is -1.86. The SMILES string of the molecule is Nc1cccc(Sc2ccc(F)cc2F)c1. The molecule has 0 atom stereocenters. The van der Waals surface area contributed by atoms with Gasteiger partial charge in [-0.2, -0.15) is 0 Å². The van der Waals surface area contributed by atoms with Crippen molar-refractivity contribution in [3.63, 3.8) is 0 Å². The van der Waals surface area contributed by atoms with Gasteiger partial charge in [0.15, 0.2) is 0 Å². The second-order valence-corrected chi connectivity index (χ2v) is 4.36. The molecule has 1 nitrogen and oxygen atoms in total. The smallest absolute Gasteiger partial charge is 0.140 e. The van der Waals surface area contributed by atoms with Crippen molar-refractivity contribution >= 4 is 17.4 Å². The molecule has 0 aliphatic heterocycles. The molecular formula is C12H9F2NS. The number of anilines is 1. The average Bonchev–Trinajstić information content (AvgIpc) is 2.22. The molecule has 0 aliphatic rings. The lowest BCUT2D eigenvalue weighted by molar-refractivity contribution is 0.565. The van der Waals surface area contributed by atoms with Crippen LogP contribution >= 0.6 is 11.8 Å². The second-order valence-electron chi connectivity index (χ2n) is 3.25. The van der Waals surface area contributed by atoms with E-state index in [9.17, 15) is 8.78 Å². The summed E-state index contributed by atoms with van der Waals surface area (Å²) in [5.74, 6) is -1.14. The van der Waals surface area contributed by atoms with Gasteiger partial charge in [-0.15, -0.1) is 0 Å². The van der Waals surface area contributed by atoms with Crippen molar-refractivity contribution in [2.24, 2.45) is 0 Å². The lowest BCUT2D eigenvalue weighted by Gasteiger charge is -2.03. The predicted molar refractivity (Wildman–Crippen MR) is 61.3 cm³/mol. The Hall–Kier alpha value is -1.55. The molecule has 0 unspecified atom stereocenters. The van der Waals surface area contributed by atoms with E-state index in [4.69, 9.17) is 5.73 Å². The largest absolute Gasteiger partial charge is 0.399 e. The Morgan fingerprint density at radius 2 is 1.81 bits per heavy atom. The van der Waals surface area contributed by atoms with Crippen LogP contribution in [0.1, 0.15) is 0 Å². The maximum Gasteiger partial charge on any atom is 0.140 e. The second kappa shape index (κ2) is 4.53. The van der Waals surface area contributed by atoms with Crippen molar-refractivity contribution in [3.8, 4) is 0 Å². The van der Waals surface area contributed by atoms with Crippen molar-refractivity contribution < 1.29 is 8.78 Å². The molecule has 0 radical (unpaired) electrons. The van der Waals surface area contributed by atoms with Crippen molar-refractivity contribution in [1.82, 2.24) is 0 Å². The van der Waals surface area contributed by atoms with Gasteiger partial charge in [-0.05, 0) is 30.3 Å². The topological polar surface area (TPSA) is 26.0 Å². The van der Waals surface area contributed by atoms with Crippen LogP contribution in [0.25, 0.3) is 0 Å². The standard InChI is InChI=1S/C12H9F2NS/c13-8-4-5-12(11(14)6-8)16-10-3-1-2-9(15)7-10/h1-7H,15H2. The summed E-state index contributed by atoms with van der Waals surface area (Å²) in [4.78, 5) is 1.21. The Morgan fingerprint density at radius 3 is 2.50 bits per heavy atom. The summed E-state index contributed by atoms with van der Waals surface area (Å²) >= 11 is 1.22. The number of hydrogen-bond acceptors (Lipinski definition) is 2. The van der Waals surface area contributed by atoms with E-state index in [1.807, 2.05) is 6.07 Å². The van der Waals surface area contributed by atoms with Gasteiger partial charge < -0.3 is 5.73 Å². The highest BCUT2D eigenvalue weighted by molar-refractivity contribution is 7.99. The first-order valence-electron chi connectivity index (χ1n) is 4.63. The average molecular weight is 237 g/mol. The zero-order chi connectivity index (χ0) is 11.5. The van der Waals surface area contributed by atoms with E-state index >= 15 is 0 Å². The molecule has 2 aromatic rings. The highest BCUT2D eigenvalue weighted by Crippen LogP contribution is 2.30. The quantitative estimate of drug-likeness (QED) is 0.806. The zero-order valence-electron chi connectivity index (χ0n) is 8.28. The molecule has 82 valence electrons. The number of nitrogen functional groups attached to an aromatic ring is 1. The van der Waals surface area contributed by atoms with Gasteiger partial charge in [0.2, 0.25) is 0 Å². The Labute approximate surface area is 96.3 Å². The number of halogens is 2. The first-order chi connectivity index (χ1) is 7.65. The van der Waals surface area contributed by atoms with Crippen molar-refractivity contribution in [2.75, 3.05) is 5.73 Å². The molecule has 0 heterocycles. The van der Waals surface area contributed by atoms with Gasteiger partial charge in [-0.25, -0.2) is 8.78 Å². The fourth-order valence-electron chi connectivity index (χ4n) is 1.26. The van der Waals surface area contributed by atoms with Gasteiger partial charge in [0, 0.05) is 21.5 Å². The van der Waals surface area contributed by atoms with Gasteiger partial charge in [0.25, 0.3) is 0 Å². The molecule has 0 spiro atoms. The molecule has 0 fully saturated rings. The molecule has 2 N–H and O–H groups in total. The van der Waals surface area contributed by atoms with E-state index in [0.717, 1.165) is 11.0 Å². The summed E-state index contributed by atoms with van der Waals surface area (Å²) in [5.41, 5.74) is 6.23. The first-order valence-corrected chi connectivity index (χ1v) is 5.45. The van der Waals surface area contributed by atoms with E-state index in [0.29, 0.717) is 10.6 Å². The van der Waals surface area contributed by atoms with Crippen molar-refractivity contribution in [1.29, 1.82) is 0 Å². The number of nitrogens with two attached hydrogens (primary N) is 1. The van der Waals surface area contributed by atoms with Crippen LogP contribution in [0.15, 0.2) is 52.3 Å². The van der Waals surface area contributed by atoms with Crippen LogP contribution in [-0.4, -0.2) is 0 Å². The van der Waals surface area contributed by atoms with Gasteiger partial charge in [-0.3, -0.25) is 0 Å². The number of benzene rings is 2. The first kappa shape index (κ1) is 11.0. The third kappa shape index (κ3) is 2.52. The Balaban J connectivity index is 2.27. The summed E-state index contributed by atoms with van der Waals surface area (Å²) in [6.07, 6.45) is 0. The van der Waals surface area contributed by atoms with Crippen LogP contribution < -0.4 is 5.73 Å². The maximum atomic E-state index is 13.3. The fraction of sp³-hybridized carbons (Fsp3) is 0. The molecule has 0 saturated heterocycles. The summed E-state index contributed by atoms with van der Waals surface area (Å²) < 4.78 is 26.0. The summed E-state index contributed by atoms with van der Waals surface area (Å²) in [5, 5.41) is 0. The molecule has 0 aliphatic carbocycles. The van der Waals surface area contributed by atoms with Gasteiger partial charge in [-0.1, -0.05) is 17.8 Å². The molecule has 2 aromatic carbocycles. The molecule has 4 heteroatoms. The summed E-state index contributed by atoms with van der Waals surface area (Å²) in [6, 6.07) is 10.6. The molecule has 0 bridgehead atoms. The predicted octanol–water partition coefficient (Wildman–Crippen LogP) is 3.70.